The molecular weight excluding hydrogens is 186 g/mol. The minimum Gasteiger partial charge on any atom is -0.508 e. The summed E-state index contributed by atoms with van der Waals surface area (Å²) in [5, 5.41) is 12.8. The standard InChI is InChI=1S/C13H19NO/c1-10(14-2)13(6-7-13)9-11-4-3-5-12(15)8-11/h3-5,8,10,14-15H,6-7,9H2,1-2H3. The summed E-state index contributed by atoms with van der Waals surface area (Å²) in [5.41, 5.74) is 1.68. The van der Waals surface area contributed by atoms with E-state index in [1.165, 1.54) is 18.4 Å². The average Bonchev–Trinajstić information content (AvgIpc) is 2.98. The van der Waals surface area contributed by atoms with Crippen LogP contribution in [0.25, 0.3) is 0 Å². The van der Waals surface area contributed by atoms with Crippen LogP contribution in [0.3, 0.4) is 0 Å². The van der Waals surface area contributed by atoms with E-state index in [4.69, 9.17) is 0 Å². The Balaban J connectivity index is 2.09. The van der Waals surface area contributed by atoms with Crippen LogP contribution < -0.4 is 5.32 Å². The van der Waals surface area contributed by atoms with Crippen LogP contribution in [0.1, 0.15) is 25.3 Å². The molecule has 0 bridgehead atoms. The maximum atomic E-state index is 9.41. The van der Waals surface area contributed by atoms with Crippen LogP contribution in [0.15, 0.2) is 24.3 Å². The fourth-order valence-corrected chi connectivity index (χ4v) is 2.30. The number of aromatic hydroxyl groups is 1. The average molecular weight is 205 g/mol. The third-order valence-corrected chi connectivity index (χ3v) is 3.71. The Morgan fingerprint density at radius 1 is 1.47 bits per heavy atom. The van der Waals surface area contributed by atoms with Gasteiger partial charge in [0.05, 0.1) is 0 Å². The van der Waals surface area contributed by atoms with E-state index in [2.05, 4.69) is 18.3 Å². The van der Waals surface area contributed by atoms with Gasteiger partial charge in [0.2, 0.25) is 0 Å². The normalized spacial score (nSPS) is 19.9. The molecule has 2 heteroatoms. The first-order valence-electron chi connectivity index (χ1n) is 5.61. The Bertz CT molecular complexity index is 344. The van der Waals surface area contributed by atoms with Gasteiger partial charge in [0.1, 0.15) is 5.75 Å². The molecule has 1 unspecified atom stereocenters. The molecule has 0 heterocycles. The molecule has 0 spiro atoms. The zero-order chi connectivity index (χ0) is 10.9. The minimum absolute atomic E-state index is 0.375. The van der Waals surface area contributed by atoms with E-state index in [1.807, 2.05) is 19.2 Å². The molecule has 0 radical (unpaired) electrons. The molecule has 1 saturated carbocycles. The van der Waals surface area contributed by atoms with Gasteiger partial charge in [0.25, 0.3) is 0 Å². The molecular formula is C13H19NO. The summed E-state index contributed by atoms with van der Waals surface area (Å²) in [6.07, 6.45) is 3.67. The lowest BCUT2D eigenvalue weighted by molar-refractivity contribution is 0.369. The minimum atomic E-state index is 0.375. The second-order valence-electron chi connectivity index (χ2n) is 4.72. The summed E-state index contributed by atoms with van der Waals surface area (Å²) in [4.78, 5) is 0. The zero-order valence-electron chi connectivity index (χ0n) is 9.46. The molecule has 82 valence electrons. The molecule has 1 aliphatic carbocycles. The first-order valence-corrected chi connectivity index (χ1v) is 5.61. The van der Waals surface area contributed by atoms with E-state index in [9.17, 15) is 5.11 Å². The third kappa shape index (κ3) is 2.15. The van der Waals surface area contributed by atoms with Crippen molar-refractivity contribution in [2.24, 2.45) is 5.41 Å². The van der Waals surface area contributed by atoms with Crippen LogP contribution in [0, 0.1) is 5.41 Å². The third-order valence-electron chi connectivity index (χ3n) is 3.71. The summed E-state index contributed by atoms with van der Waals surface area (Å²) in [5.74, 6) is 0.375. The van der Waals surface area contributed by atoms with E-state index in [1.54, 1.807) is 6.07 Å². The lowest BCUT2D eigenvalue weighted by atomic mass is 9.90. The monoisotopic (exact) mass is 205 g/mol. The molecule has 2 N–H and O–H groups in total. The molecule has 1 aliphatic rings. The van der Waals surface area contributed by atoms with E-state index >= 15 is 0 Å². The predicted octanol–water partition coefficient (Wildman–Crippen LogP) is 2.32. The molecule has 1 aromatic carbocycles. The SMILES string of the molecule is CNC(C)C1(Cc2cccc(O)c2)CC1. The van der Waals surface area contributed by atoms with Crippen LogP contribution >= 0.6 is 0 Å². The number of rotatable bonds is 4. The summed E-state index contributed by atoms with van der Waals surface area (Å²) >= 11 is 0. The Morgan fingerprint density at radius 2 is 2.20 bits per heavy atom. The topological polar surface area (TPSA) is 32.3 Å². The van der Waals surface area contributed by atoms with E-state index in [-0.39, 0.29) is 0 Å². The fourth-order valence-electron chi connectivity index (χ4n) is 2.30. The van der Waals surface area contributed by atoms with Gasteiger partial charge in [0.15, 0.2) is 0 Å². The lowest BCUT2D eigenvalue weighted by Crippen LogP contribution is -2.33. The first kappa shape index (κ1) is 10.5. The van der Waals surface area contributed by atoms with Crippen molar-refractivity contribution in [2.75, 3.05) is 7.05 Å². The highest BCUT2D eigenvalue weighted by Gasteiger charge is 2.46. The van der Waals surface area contributed by atoms with Gasteiger partial charge in [-0.3, -0.25) is 0 Å². The van der Waals surface area contributed by atoms with Crippen molar-refractivity contribution in [2.45, 2.75) is 32.2 Å². The molecule has 15 heavy (non-hydrogen) atoms. The van der Waals surface area contributed by atoms with Crippen molar-refractivity contribution in [3.8, 4) is 5.75 Å². The van der Waals surface area contributed by atoms with Crippen molar-refractivity contribution in [1.82, 2.24) is 5.32 Å². The number of benzene rings is 1. The largest absolute Gasteiger partial charge is 0.508 e. The molecule has 1 fully saturated rings. The molecule has 1 aromatic rings. The Morgan fingerprint density at radius 3 is 2.73 bits per heavy atom. The van der Waals surface area contributed by atoms with Crippen molar-refractivity contribution in [3.05, 3.63) is 29.8 Å². The molecule has 0 aromatic heterocycles. The summed E-state index contributed by atoms with van der Waals surface area (Å²) < 4.78 is 0. The number of phenolic OH excluding ortho intramolecular Hbond substituents is 1. The van der Waals surface area contributed by atoms with Crippen molar-refractivity contribution < 1.29 is 5.11 Å². The molecule has 2 rings (SSSR count). The van der Waals surface area contributed by atoms with E-state index in [0.717, 1.165) is 6.42 Å². The van der Waals surface area contributed by atoms with E-state index in [0.29, 0.717) is 17.2 Å². The maximum absolute atomic E-state index is 9.41. The molecule has 0 saturated heterocycles. The van der Waals surface area contributed by atoms with Crippen LogP contribution in [0.5, 0.6) is 5.75 Å². The number of nitrogens with one attached hydrogen (secondary N) is 1. The zero-order valence-corrected chi connectivity index (χ0v) is 9.46. The van der Waals surface area contributed by atoms with Crippen molar-refractivity contribution >= 4 is 0 Å². The highest BCUT2D eigenvalue weighted by molar-refractivity contribution is 5.29. The van der Waals surface area contributed by atoms with Crippen LogP contribution in [0.2, 0.25) is 0 Å². The van der Waals surface area contributed by atoms with Gasteiger partial charge in [-0.1, -0.05) is 12.1 Å². The number of hydrogen-bond acceptors (Lipinski definition) is 2. The molecule has 1 atom stereocenters. The van der Waals surface area contributed by atoms with Crippen molar-refractivity contribution in [1.29, 1.82) is 0 Å². The Labute approximate surface area is 91.3 Å². The predicted molar refractivity (Wildman–Crippen MR) is 62.0 cm³/mol. The Hall–Kier alpha value is -1.02. The lowest BCUT2D eigenvalue weighted by Gasteiger charge is -2.23. The van der Waals surface area contributed by atoms with Crippen molar-refractivity contribution in [3.63, 3.8) is 0 Å². The number of phenols is 1. The molecule has 2 nitrogen and oxygen atoms in total. The highest BCUT2D eigenvalue weighted by atomic mass is 16.3. The molecule has 0 amide bonds. The fraction of sp³-hybridized carbons (Fsp3) is 0.538. The van der Waals surface area contributed by atoms with Gasteiger partial charge < -0.3 is 10.4 Å². The van der Waals surface area contributed by atoms with Gasteiger partial charge in [-0.05, 0) is 56.3 Å². The summed E-state index contributed by atoms with van der Waals surface area (Å²) in [6, 6.07) is 8.18. The van der Waals surface area contributed by atoms with Gasteiger partial charge in [-0.15, -0.1) is 0 Å². The van der Waals surface area contributed by atoms with E-state index < -0.39 is 0 Å². The first-order chi connectivity index (χ1) is 7.16. The Kier molecular flexibility index (Phi) is 2.70. The summed E-state index contributed by atoms with van der Waals surface area (Å²) in [7, 11) is 2.02. The summed E-state index contributed by atoms with van der Waals surface area (Å²) in [6.45, 7) is 2.25. The quantitative estimate of drug-likeness (QED) is 0.790. The van der Waals surface area contributed by atoms with Gasteiger partial charge >= 0.3 is 0 Å². The van der Waals surface area contributed by atoms with Gasteiger partial charge in [0, 0.05) is 6.04 Å². The second-order valence-corrected chi connectivity index (χ2v) is 4.72. The smallest absolute Gasteiger partial charge is 0.115 e. The molecule has 0 aliphatic heterocycles. The van der Waals surface area contributed by atoms with Gasteiger partial charge in [-0.2, -0.15) is 0 Å². The maximum Gasteiger partial charge on any atom is 0.115 e. The second kappa shape index (κ2) is 3.86. The van der Waals surface area contributed by atoms with Crippen LogP contribution in [0.4, 0.5) is 0 Å². The van der Waals surface area contributed by atoms with Gasteiger partial charge in [-0.25, -0.2) is 0 Å². The highest BCUT2D eigenvalue weighted by Crippen LogP contribution is 2.51. The van der Waals surface area contributed by atoms with Crippen LogP contribution in [-0.4, -0.2) is 18.2 Å². The van der Waals surface area contributed by atoms with Crippen LogP contribution in [-0.2, 0) is 6.42 Å². The number of hydrogen-bond donors (Lipinski definition) is 2.